The summed E-state index contributed by atoms with van der Waals surface area (Å²) in [7, 11) is -3.46. The van der Waals surface area contributed by atoms with Crippen LogP contribution in [0.15, 0.2) is 30.3 Å². The highest BCUT2D eigenvalue weighted by molar-refractivity contribution is 7.92. The molecule has 7 heteroatoms. The standard InChI is InChI=1S/C13H17N3O2S2/c1-13(2,3)11-14-15-12(19-11)16-20(17,18)9-10-7-5-4-6-8-10/h4-8H,9H2,1-3H3,(H,15,16). The summed E-state index contributed by atoms with van der Waals surface area (Å²) in [5.41, 5.74) is 0.599. The number of aromatic nitrogens is 2. The van der Waals surface area contributed by atoms with Crippen molar-refractivity contribution >= 4 is 26.5 Å². The second-order valence-corrected chi connectivity index (χ2v) is 8.21. The van der Waals surface area contributed by atoms with Gasteiger partial charge in [0.25, 0.3) is 0 Å². The van der Waals surface area contributed by atoms with Gasteiger partial charge in [0, 0.05) is 5.41 Å². The van der Waals surface area contributed by atoms with E-state index in [1.54, 1.807) is 12.1 Å². The van der Waals surface area contributed by atoms with E-state index in [1.165, 1.54) is 11.3 Å². The third kappa shape index (κ3) is 4.01. The lowest BCUT2D eigenvalue weighted by molar-refractivity contribution is 0.578. The molecule has 0 atom stereocenters. The summed E-state index contributed by atoms with van der Waals surface area (Å²) in [4.78, 5) is 0. The van der Waals surface area contributed by atoms with Crippen LogP contribution >= 0.6 is 11.3 Å². The lowest BCUT2D eigenvalue weighted by atomic mass is 9.98. The topological polar surface area (TPSA) is 72.0 Å². The molecule has 0 unspecified atom stereocenters. The zero-order chi connectivity index (χ0) is 14.8. The Labute approximate surface area is 123 Å². The maximum absolute atomic E-state index is 12.1. The molecule has 0 amide bonds. The van der Waals surface area contributed by atoms with Crippen LogP contribution in [0.4, 0.5) is 5.13 Å². The van der Waals surface area contributed by atoms with E-state index >= 15 is 0 Å². The van der Waals surface area contributed by atoms with Gasteiger partial charge >= 0.3 is 0 Å². The normalized spacial score (nSPS) is 12.3. The third-order valence-corrected chi connectivity index (χ3v) is 5.12. The average Bonchev–Trinajstić information content (AvgIpc) is 2.77. The maximum Gasteiger partial charge on any atom is 0.238 e. The monoisotopic (exact) mass is 311 g/mol. The van der Waals surface area contributed by atoms with Crippen LogP contribution in [0.2, 0.25) is 0 Å². The van der Waals surface area contributed by atoms with Gasteiger partial charge in [0.15, 0.2) is 0 Å². The van der Waals surface area contributed by atoms with Crippen LogP contribution < -0.4 is 4.72 Å². The first-order chi connectivity index (χ1) is 9.26. The van der Waals surface area contributed by atoms with Crippen LogP contribution in [0, 0.1) is 0 Å². The van der Waals surface area contributed by atoms with Crippen molar-refractivity contribution in [2.75, 3.05) is 4.72 Å². The van der Waals surface area contributed by atoms with Crippen LogP contribution in [0.1, 0.15) is 31.3 Å². The van der Waals surface area contributed by atoms with Crippen LogP contribution in [-0.4, -0.2) is 18.6 Å². The minimum Gasteiger partial charge on any atom is -0.257 e. The summed E-state index contributed by atoms with van der Waals surface area (Å²) in [6, 6.07) is 9.03. The molecule has 2 rings (SSSR count). The number of anilines is 1. The first-order valence-electron chi connectivity index (χ1n) is 6.15. The van der Waals surface area contributed by atoms with Crippen LogP contribution in [-0.2, 0) is 21.2 Å². The maximum atomic E-state index is 12.1. The molecule has 0 spiro atoms. The lowest BCUT2D eigenvalue weighted by Gasteiger charge is -2.12. The fraction of sp³-hybridized carbons (Fsp3) is 0.385. The summed E-state index contributed by atoms with van der Waals surface area (Å²) in [5.74, 6) is -0.0712. The Bertz CT molecular complexity index is 673. The van der Waals surface area contributed by atoms with Gasteiger partial charge in [0.05, 0.1) is 5.75 Å². The molecule has 0 fully saturated rings. The van der Waals surface area contributed by atoms with Gasteiger partial charge in [0.1, 0.15) is 5.01 Å². The van der Waals surface area contributed by atoms with E-state index in [0.717, 1.165) is 10.6 Å². The zero-order valence-electron chi connectivity index (χ0n) is 11.6. The quantitative estimate of drug-likeness (QED) is 0.942. The number of rotatable bonds is 4. The Hall–Kier alpha value is -1.47. The smallest absolute Gasteiger partial charge is 0.238 e. The van der Waals surface area contributed by atoms with Gasteiger partial charge in [-0.25, -0.2) is 8.42 Å². The van der Waals surface area contributed by atoms with Gasteiger partial charge in [-0.05, 0) is 5.56 Å². The lowest BCUT2D eigenvalue weighted by Crippen LogP contribution is -2.14. The molecule has 1 heterocycles. The molecular formula is C13H17N3O2S2. The van der Waals surface area contributed by atoms with Gasteiger partial charge in [-0.3, -0.25) is 4.72 Å². The summed E-state index contributed by atoms with van der Waals surface area (Å²) in [6.07, 6.45) is 0. The van der Waals surface area contributed by atoms with Crippen LogP contribution in [0.3, 0.4) is 0 Å². The van der Waals surface area contributed by atoms with Crippen LogP contribution in [0.25, 0.3) is 0 Å². The minimum atomic E-state index is -3.46. The van der Waals surface area contributed by atoms with E-state index in [9.17, 15) is 8.42 Å². The number of nitrogens with zero attached hydrogens (tertiary/aromatic N) is 2. The summed E-state index contributed by atoms with van der Waals surface area (Å²) in [5, 5.41) is 9.02. The molecule has 0 saturated heterocycles. The molecule has 20 heavy (non-hydrogen) atoms. The Morgan fingerprint density at radius 2 is 1.80 bits per heavy atom. The van der Waals surface area contributed by atoms with E-state index in [1.807, 2.05) is 39.0 Å². The van der Waals surface area contributed by atoms with Gasteiger partial charge < -0.3 is 0 Å². The first-order valence-corrected chi connectivity index (χ1v) is 8.61. The number of hydrogen-bond donors (Lipinski definition) is 1. The Morgan fingerprint density at radius 3 is 2.35 bits per heavy atom. The summed E-state index contributed by atoms with van der Waals surface area (Å²) < 4.78 is 26.6. The van der Waals surface area contributed by atoms with Gasteiger partial charge in [-0.15, -0.1) is 10.2 Å². The van der Waals surface area contributed by atoms with E-state index in [-0.39, 0.29) is 11.2 Å². The molecule has 0 radical (unpaired) electrons. The predicted molar refractivity (Wildman–Crippen MR) is 81.3 cm³/mol. The molecular weight excluding hydrogens is 294 g/mol. The molecule has 5 nitrogen and oxygen atoms in total. The van der Waals surface area contributed by atoms with Crippen molar-refractivity contribution in [2.45, 2.75) is 31.9 Å². The van der Waals surface area contributed by atoms with E-state index < -0.39 is 10.0 Å². The van der Waals surface area contributed by atoms with E-state index in [4.69, 9.17) is 0 Å². The molecule has 0 bridgehead atoms. The Balaban J connectivity index is 2.11. The second kappa shape index (κ2) is 5.49. The predicted octanol–water partition coefficient (Wildman–Crippen LogP) is 2.78. The zero-order valence-corrected chi connectivity index (χ0v) is 13.3. The Morgan fingerprint density at radius 1 is 1.15 bits per heavy atom. The van der Waals surface area contributed by atoms with Crippen molar-refractivity contribution in [2.24, 2.45) is 0 Å². The van der Waals surface area contributed by atoms with Crippen molar-refractivity contribution in [1.82, 2.24) is 10.2 Å². The average molecular weight is 311 g/mol. The second-order valence-electron chi connectivity index (χ2n) is 5.51. The summed E-state index contributed by atoms with van der Waals surface area (Å²) in [6.45, 7) is 6.03. The van der Waals surface area contributed by atoms with Crippen molar-refractivity contribution in [3.05, 3.63) is 40.9 Å². The fourth-order valence-corrected chi connectivity index (χ4v) is 3.74. The minimum absolute atomic E-state index is 0.0712. The number of nitrogens with one attached hydrogen (secondary N) is 1. The third-order valence-electron chi connectivity index (χ3n) is 2.51. The molecule has 108 valence electrons. The highest BCUT2D eigenvalue weighted by Crippen LogP contribution is 2.28. The molecule has 2 aromatic rings. The largest absolute Gasteiger partial charge is 0.257 e. The molecule has 1 N–H and O–H groups in total. The first kappa shape index (κ1) is 14.9. The molecule has 0 aliphatic carbocycles. The molecule has 0 aliphatic heterocycles. The van der Waals surface area contributed by atoms with Crippen molar-refractivity contribution < 1.29 is 8.42 Å². The van der Waals surface area contributed by atoms with Crippen LogP contribution in [0.5, 0.6) is 0 Å². The SMILES string of the molecule is CC(C)(C)c1nnc(NS(=O)(=O)Cc2ccccc2)s1. The highest BCUT2D eigenvalue weighted by Gasteiger charge is 2.21. The van der Waals surface area contributed by atoms with Gasteiger partial charge in [-0.1, -0.05) is 62.4 Å². The number of benzene rings is 1. The van der Waals surface area contributed by atoms with Crippen molar-refractivity contribution in [1.29, 1.82) is 0 Å². The molecule has 1 aromatic carbocycles. The number of sulfonamides is 1. The van der Waals surface area contributed by atoms with Crippen molar-refractivity contribution in [3.8, 4) is 0 Å². The Kier molecular flexibility index (Phi) is 4.10. The van der Waals surface area contributed by atoms with Crippen molar-refractivity contribution in [3.63, 3.8) is 0 Å². The molecule has 0 saturated carbocycles. The highest BCUT2D eigenvalue weighted by atomic mass is 32.2. The fourth-order valence-electron chi connectivity index (χ4n) is 1.53. The van der Waals surface area contributed by atoms with E-state index in [2.05, 4.69) is 14.9 Å². The van der Waals surface area contributed by atoms with Gasteiger partial charge in [-0.2, -0.15) is 0 Å². The molecule has 0 aliphatic rings. The van der Waals surface area contributed by atoms with E-state index in [0.29, 0.717) is 5.13 Å². The number of hydrogen-bond acceptors (Lipinski definition) is 5. The molecule has 1 aromatic heterocycles. The summed E-state index contributed by atoms with van der Waals surface area (Å²) >= 11 is 1.26. The van der Waals surface area contributed by atoms with Gasteiger partial charge in [0.2, 0.25) is 15.2 Å².